The van der Waals surface area contributed by atoms with E-state index in [0.717, 1.165) is 25.9 Å². The average molecular weight is 320 g/mol. The van der Waals surface area contributed by atoms with Crippen molar-refractivity contribution in [2.24, 2.45) is 5.92 Å². The van der Waals surface area contributed by atoms with Crippen LogP contribution in [0.15, 0.2) is 24.3 Å². The molecule has 1 N–H and O–H groups in total. The number of benzene rings is 1. The van der Waals surface area contributed by atoms with Gasteiger partial charge in [-0.1, -0.05) is 38.4 Å². The van der Waals surface area contributed by atoms with Crippen LogP contribution in [0.4, 0.5) is 0 Å². The van der Waals surface area contributed by atoms with Crippen molar-refractivity contribution in [3.63, 3.8) is 0 Å². The molecule has 1 fully saturated rings. The molecule has 0 bridgehead atoms. The monoisotopic (exact) mass is 320 g/mol. The smallest absolute Gasteiger partial charge is 0 e. The number of piperidine rings is 1. The zero-order valence-corrected chi connectivity index (χ0v) is 14.1. The van der Waals surface area contributed by atoms with Crippen molar-refractivity contribution < 1.29 is 37.5 Å². The first-order valence-electron chi connectivity index (χ1n) is 6.43. The van der Waals surface area contributed by atoms with Crippen LogP contribution in [0.3, 0.4) is 0 Å². The molecule has 1 heterocycles. The minimum absolute atomic E-state index is 0. The number of carbonyl (C=O) groups is 1. The molecule has 0 spiro atoms. The van der Waals surface area contributed by atoms with Crippen molar-refractivity contribution in [3.05, 3.63) is 42.3 Å². The van der Waals surface area contributed by atoms with Crippen LogP contribution in [0.2, 0.25) is 0 Å². The Bertz CT molecular complexity index is 321. The predicted molar refractivity (Wildman–Crippen MR) is 70.9 cm³/mol. The summed E-state index contributed by atoms with van der Waals surface area (Å²) in [6.07, 6.45) is 3.99. The number of nitrogens with one attached hydrogen (secondary N) is 1. The molecule has 0 aliphatic carbocycles. The van der Waals surface area contributed by atoms with E-state index in [1.807, 2.05) is 38.5 Å². The summed E-state index contributed by atoms with van der Waals surface area (Å²) < 4.78 is 0. The minimum Gasteiger partial charge on any atom is -0.389 e. The van der Waals surface area contributed by atoms with Gasteiger partial charge in [0.1, 0.15) is 0 Å². The summed E-state index contributed by atoms with van der Waals surface area (Å²) >= 11 is 0. The SMILES string of the molecule is CC.O=C([CH-]C1CCNCC1)c1[c-]cccc1.[Y]. The van der Waals surface area contributed by atoms with E-state index < -0.39 is 0 Å². The van der Waals surface area contributed by atoms with Gasteiger partial charge in [-0.25, -0.2) is 18.6 Å². The molecule has 1 aliphatic heterocycles. The van der Waals surface area contributed by atoms with Gasteiger partial charge < -0.3 is 10.1 Å². The second-order valence-electron chi connectivity index (χ2n) is 3.89. The molecular weight excluding hydrogens is 299 g/mol. The number of hydrogen-bond donors (Lipinski definition) is 1. The van der Waals surface area contributed by atoms with Gasteiger partial charge in [0.15, 0.2) is 0 Å². The fourth-order valence-electron chi connectivity index (χ4n) is 1.86. The Hall–Kier alpha value is -0.176. The van der Waals surface area contributed by atoms with E-state index in [4.69, 9.17) is 0 Å². The molecule has 97 valence electrons. The summed E-state index contributed by atoms with van der Waals surface area (Å²) in [5, 5.41) is 3.29. The molecule has 0 aromatic heterocycles. The Morgan fingerprint density at radius 3 is 2.56 bits per heavy atom. The van der Waals surface area contributed by atoms with Crippen LogP contribution in [0.1, 0.15) is 37.0 Å². The van der Waals surface area contributed by atoms with Gasteiger partial charge in [0.05, 0.1) is 0 Å². The predicted octanol–water partition coefficient (Wildman–Crippen LogP) is 2.90. The van der Waals surface area contributed by atoms with E-state index >= 15 is 0 Å². The zero-order valence-electron chi connectivity index (χ0n) is 11.3. The summed E-state index contributed by atoms with van der Waals surface area (Å²) in [6, 6.07) is 10.3. The number of rotatable bonds is 3. The van der Waals surface area contributed by atoms with Gasteiger partial charge >= 0.3 is 0 Å². The van der Waals surface area contributed by atoms with Gasteiger partial charge in [-0.2, -0.15) is 12.1 Å². The zero-order chi connectivity index (χ0) is 12.5. The van der Waals surface area contributed by atoms with Crippen molar-refractivity contribution in [1.82, 2.24) is 5.32 Å². The number of ketones is 1. The summed E-state index contributed by atoms with van der Waals surface area (Å²) in [4.78, 5) is 11.8. The number of Topliss-reactive ketones (excluding diaryl/α,β-unsaturated/α-hetero) is 1. The first kappa shape index (κ1) is 17.8. The Balaban J connectivity index is 0.000000917. The second-order valence-corrected chi connectivity index (χ2v) is 3.89. The van der Waals surface area contributed by atoms with Crippen molar-refractivity contribution in [2.75, 3.05) is 13.1 Å². The number of hydrogen-bond acceptors (Lipinski definition) is 2. The Kier molecular flexibility index (Phi) is 10.6. The van der Waals surface area contributed by atoms with Crippen LogP contribution in [-0.4, -0.2) is 18.9 Å². The third-order valence-electron chi connectivity index (χ3n) is 2.75. The molecule has 1 saturated heterocycles. The molecular formula is C15H21NOY-2. The van der Waals surface area contributed by atoms with Gasteiger partial charge in [0, 0.05) is 32.7 Å². The van der Waals surface area contributed by atoms with Crippen LogP contribution < -0.4 is 5.32 Å². The third-order valence-corrected chi connectivity index (χ3v) is 2.75. The maximum absolute atomic E-state index is 11.8. The normalized spacial score (nSPS) is 14.8. The molecule has 1 aromatic rings. The van der Waals surface area contributed by atoms with Gasteiger partial charge in [-0.3, -0.25) is 5.56 Å². The van der Waals surface area contributed by atoms with Gasteiger partial charge in [0.2, 0.25) is 0 Å². The maximum atomic E-state index is 11.8. The molecule has 0 unspecified atom stereocenters. The van der Waals surface area contributed by atoms with Crippen LogP contribution in [0.5, 0.6) is 0 Å². The first-order valence-corrected chi connectivity index (χ1v) is 6.43. The van der Waals surface area contributed by atoms with E-state index in [9.17, 15) is 4.79 Å². The number of carbonyl (C=O) groups excluding carboxylic acids is 1. The molecule has 0 atom stereocenters. The van der Waals surface area contributed by atoms with E-state index in [0.29, 0.717) is 11.5 Å². The molecule has 0 saturated carbocycles. The quantitative estimate of drug-likeness (QED) is 0.685. The molecule has 18 heavy (non-hydrogen) atoms. The fraction of sp³-hybridized carbons (Fsp3) is 0.467. The Labute approximate surface area is 136 Å². The van der Waals surface area contributed by atoms with Crippen molar-refractivity contribution in [1.29, 1.82) is 0 Å². The third kappa shape index (κ3) is 6.13. The van der Waals surface area contributed by atoms with E-state index in [1.165, 1.54) is 0 Å². The first-order chi connectivity index (χ1) is 8.36. The van der Waals surface area contributed by atoms with Gasteiger partial charge in [-0.05, 0) is 13.1 Å². The van der Waals surface area contributed by atoms with Gasteiger partial charge in [-0.15, -0.1) is 6.07 Å². The van der Waals surface area contributed by atoms with E-state index in [-0.39, 0.29) is 38.5 Å². The van der Waals surface area contributed by atoms with Crippen molar-refractivity contribution >= 4 is 5.78 Å². The molecule has 0 amide bonds. The molecule has 1 aliphatic rings. The standard InChI is InChI=1S/C13H15NO.C2H6.Y/c15-13(12-4-2-1-3-5-12)10-11-6-8-14-9-7-11;1-2;/h1-4,10-11,14H,6-9H2;1-2H3;/q-2;;. The van der Waals surface area contributed by atoms with Crippen LogP contribution >= 0.6 is 0 Å². The van der Waals surface area contributed by atoms with Crippen molar-refractivity contribution in [3.8, 4) is 0 Å². The van der Waals surface area contributed by atoms with Crippen LogP contribution in [0.25, 0.3) is 0 Å². The largest absolute Gasteiger partial charge is 0.389 e. The topological polar surface area (TPSA) is 29.1 Å². The average Bonchev–Trinajstić information content (AvgIpc) is 2.43. The van der Waals surface area contributed by atoms with E-state index in [2.05, 4.69) is 11.4 Å². The summed E-state index contributed by atoms with van der Waals surface area (Å²) in [7, 11) is 0. The molecule has 1 radical (unpaired) electrons. The van der Waals surface area contributed by atoms with Gasteiger partial charge in [0.25, 0.3) is 0 Å². The second kappa shape index (κ2) is 10.7. The maximum Gasteiger partial charge on any atom is 0 e. The molecule has 2 rings (SSSR count). The fourth-order valence-corrected chi connectivity index (χ4v) is 1.86. The Morgan fingerprint density at radius 1 is 1.33 bits per heavy atom. The molecule has 1 aromatic carbocycles. The van der Waals surface area contributed by atoms with Crippen LogP contribution in [0, 0.1) is 18.4 Å². The summed E-state index contributed by atoms with van der Waals surface area (Å²) in [5.74, 6) is 0.551. The Morgan fingerprint density at radius 2 is 2.00 bits per heavy atom. The molecule has 2 nitrogen and oxygen atoms in total. The minimum atomic E-state index is 0. The van der Waals surface area contributed by atoms with Crippen LogP contribution in [-0.2, 0) is 32.7 Å². The van der Waals surface area contributed by atoms with Crippen molar-refractivity contribution in [2.45, 2.75) is 26.7 Å². The van der Waals surface area contributed by atoms with E-state index in [1.54, 1.807) is 6.07 Å². The summed E-state index contributed by atoms with van der Waals surface area (Å²) in [5.41, 5.74) is 0.677. The molecule has 3 heteroatoms. The summed E-state index contributed by atoms with van der Waals surface area (Å²) in [6.45, 7) is 6.04.